The van der Waals surface area contributed by atoms with Crippen LogP contribution in [-0.2, 0) is 0 Å². The predicted molar refractivity (Wildman–Crippen MR) is 82.6 cm³/mol. The molecule has 1 amide bonds. The van der Waals surface area contributed by atoms with Gasteiger partial charge in [0, 0.05) is 10.1 Å². The molecule has 2 unspecified atom stereocenters. The number of hydrogen-bond acceptors (Lipinski definition) is 3. The molecule has 2 atom stereocenters. The average molecular weight is 310 g/mol. The number of halogens is 1. The zero-order valence-corrected chi connectivity index (χ0v) is 12.5. The molecule has 1 aliphatic carbocycles. The molecule has 1 aliphatic rings. The maximum Gasteiger partial charge on any atom is 0.263 e. The summed E-state index contributed by atoms with van der Waals surface area (Å²) in [6.07, 6.45) is 3.21. The molecule has 0 bridgehead atoms. The summed E-state index contributed by atoms with van der Waals surface area (Å²) in [7, 11) is 0. The number of aliphatic hydroxyl groups excluding tert-OH is 1. The minimum absolute atomic E-state index is 0.155. The number of carbonyl (C=O) groups excluding carboxylic acids is 1. The van der Waals surface area contributed by atoms with Crippen molar-refractivity contribution in [2.24, 2.45) is 0 Å². The van der Waals surface area contributed by atoms with Gasteiger partial charge in [0.05, 0.1) is 17.2 Å². The van der Waals surface area contributed by atoms with Gasteiger partial charge in [-0.05, 0) is 18.9 Å². The number of fused-ring (bicyclic) bond motifs is 1. The van der Waals surface area contributed by atoms with Crippen LogP contribution < -0.4 is 5.32 Å². The summed E-state index contributed by atoms with van der Waals surface area (Å²) in [4.78, 5) is 12.9. The van der Waals surface area contributed by atoms with Crippen molar-refractivity contribution in [1.29, 1.82) is 0 Å². The molecule has 106 valence electrons. The van der Waals surface area contributed by atoms with Gasteiger partial charge in [-0.25, -0.2) is 0 Å². The standard InChI is InChI=1S/C15H16ClNO2S/c16-13-9-5-1-4-8-12(9)20-14(13)15(19)17-10-6-2-3-7-11(10)18/h1,4-5,8,10-11,18H,2-3,6-7H2,(H,17,19). The molecule has 0 aliphatic heterocycles. The largest absolute Gasteiger partial charge is 0.391 e. The number of benzene rings is 1. The fourth-order valence-electron chi connectivity index (χ4n) is 2.67. The molecule has 0 radical (unpaired) electrons. The number of amides is 1. The fraction of sp³-hybridized carbons (Fsp3) is 0.400. The van der Waals surface area contributed by atoms with Crippen LogP contribution in [0.4, 0.5) is 0 Å². The van der Waals surface area contributed by atoms with Gasteiger partial charge < -0.3 is 10.4 Å². The summed E-state index contributed by atoms with van der Waals surface area (Å²) < 4.78 is 1.01. The van der Waals surface area contributed by atoms with E-state index in [2.05, 4.69) is 5.32 Å². The van der Waals surface area contributed by atoms with E-state index in [0.717, 1.165) is 35.8 Å². The molecule has 20 heavy (non-hydrogen) atoms. The first-order chi connectivity index (χ1) is 9.66. The van der Waals surface area contributed by atoms with Gasteiger partial charge >= 0.3 is 0 Å². The molecule has 1 aromatic heterocycles. The Morgan fingerprint density at radius 1 is 1.30 bits per heavy atom. The van der Waals surface area contributed by atoms with E-state index in [9.17, 15) is 9.90 Å². The Labute approximate surface area is 126 Å². The van der Waals surface area contributed by atoms with E-state index in [0.29, 0.717) is 9.90 Å². The van der Waals surface area contributed by atoms with Crippen LogP contribution in [0.5, 0.6) is 0 Å². The summed E-state index contributed by atoms with van der Waals surface area (Å²) in [6, 6.07) is 7.56. The van der Waals surface area contributed by atoms with Crippen LogP contribution in [0.2, 0.25) is 5.02 Å². The van der Waals surface area contributed by atoms with Gasteiger partial charge in [-0.1, -0.05) is 42.6 Å². The number of carbonyl (C=O) groups is 1. The summed E-state index contributed by atoms with van der Waals surface area (Å²) in [5.41, 5.74) is 0. The molecule has 2 N–H and O–H groups in total. The Morgan fingerprint density at radius 3 is 2.80 bits per heavy atom. The van der Waals surface area contributed by atoms with Crippen molar-refractivity contribution in [3.8, 4) is 0 Å². The second kappa shape index (κ2) is 5.72. The van der Waals surface area contributed by atoms with Crippen molar-refractivity contribution in [3.05, 3.63) is 34.2 Å². The quantitative estimate of drug-likeness (QED) is 0.890. The first-order valence-corrected chi connectivity index (χ1v) is 8.02. The van der Waals surface area contributed by atoms with Gasteiger partial charge in [0.1, 0.15) is 4.88 Å². The molecule has 3 nitrogen and oxygen atoms in total. The van der Waals surface area contributed by atoms with Crippen LogP contribution in [-0.4, -0.2) is 23.2 Å². The Hall–Kier alpha value is -1.10. The normalized spacial score (nSPS) is 22.9. The lowest BCUT2D eigenvalue weighted by Crippen LogP contribution is -2.44. The smallest absolute Gasteiger partial charge is 0.263 e. The number of rotatable bonds is 2. The number of hydrogen-bond donors (Lipinski definition) is 2. The zero-order valence-electron chi connectivity index (χ0n) is 10.9. The summed E-state index contributed by atoms with van der Waals surface area (Å²) >= 11 is 7.69. The first kappa shape index (κ1) is 13.9. The lowest BCUT2D eigenvalue weighted by molar-refractivity contribution is 0.0720. The lowest BCUT2D eigenvalue weighted by atomic mass is 9.92. The topological polar surface area (TPSA) is 49.3 Å². The molecular weight excluding hydrogens is 294 g/mol. The lowest BCUT2D eigenvalue weighted by Gasteiger charge is -2.28. The summed E-state index contributed by atoms with van der Waals surface area (Å²) in [5.74, 6) is -0.179. The van der Waals surface area contributed by atoms with Crippen LogP contribution in [0.1, 0.15) is 35.4 Å². The molecule has 0 saturated heterocycles. The highest BCUT2D eigenvalue weighted by Gasteiger charge is 2.26. The molecule has 3 rings (SSSR count). The van der Waals surface area contributed by atoms with Gasteiger partial charge in [0.15, 0.2) is 0 Å². The minimum Gasteiger partial charge on any atom is -0.391 e. The molecule has 1 heterocycles. The zero-order chi connectivity index (χ0) is 14.1. The van der Waals surface area contributed by atoms with Gasteiger partial charge in [-0.2, -0.15) is 0 Å². The van der Waals surface area contributed by atoms with E-state index < -0.39 is 6.10 Å². The predicted octanol–water partition coefficient (Wildman–Crippen LogP) is 3.59. The van der Waals surface area contributed by atoms with Crippen molar-refractivity contribution in [3.63, 3.8) is 0 Å². The van der Waals surface area contributed by atoms with E-state index in [1.165, 1.54) is 11.3 Å². The third-order valence-corrected chi connectivity index (χ3v) is 5.46. The number of nitrogens with one attached hydrogen (secondary N) is 1. The van der Waals surface area contributed by atoms with Crippen molar-refractivity contribution >= 4 is 38.9 Å². The molecule has 5 heteroatoms. The minimum atomic E-state index is -0.444. The molecule has 1 saturated carbocycles. The Bertz CT molecular complexity index is 640. The summed E-state index contributed by atoms with van der Waals surface area (Å²) in [5, 5.41) is 14.3. The van der Waals surface area contributed by atoms with Crippen LogP contribution in [0.3, 0.4) is 0 Å². The maximum absolute atomic E-state index is 12.4. The van der Waals surface area contributed by atoms with Crippen molar-refractivity contribution in [1.82, 2.24) is 5.32 Å². The third-order valence-electron chi connectivity index (χ3n) is 3.79. The van der Waals surface area contributed by atoms with Crippen molar-refractivity contribution < 1.29 is 9.90 Å². The van der Waals surface area contributed by atoms with Gasteiger partial charge in [0.2, 0.25) is 0 Å². The molecule has 1 fully saturated rings. The van der Waals surface area contributed by atoms with Crippen LogP contribution in [0.15, 0.2) is 24.3 Å². The van der Waals surface area contributed by atoms with Gasteiger partial charge in [0.25, 0.3) is 5.91 Å². The monoisotopic (exact) mass is 309 g/mol. The molecular formula is C15H16ClNO2S. The Balaban J connectivity index is 1.83. The maximum atomic E-state index is 12.4. The second-order valence-corrected chi connectivity index (χ2v) is 6.60. The number of aliphatic hydroxyl groups is 1. The fourth-order valence-corrected chi connectivity index (χ4v) is 4.09. The highest BCUT2D eigenvalue weighted by molar-refractivity contribution is 7.21. The highest BCUT2D eigenvalue weighted by atomic mass is 35.5. The molecule has 0 spiro atoms. The highest BCUT2D eigenvalue weighted by Crippen LogP contribution is 2.35. The summed E-state index contributed by atoms with van der Waals surface area (Å²) in [6.45, 7) is 0. The Kier molecular flexibility index (Phi) is 3.96. The van der Waals surface area contributed by atoms with E-state index in [4.69, 9.17) is 11.6 Å². The first-order valence-electron chi connectivity index (χ1n) is 6.83. The molecule has 2 aromatic rings. The van der Waals surface area contributed by atoms with E-state index >= 15 is 0 Å². The van der Waals surface area contributed by atoms with Crippen molar-refractivity contribution in [2.45, 2.75) is 37.8 Å². The van der Waals surface area contributed by atoms with E-state index in [-0.39, 0.29) is 11.9 Å². The van der Waals surface area contributed by atoms with Crippen LogP contribution in [0, 0.1) is 0 Å². The van der Waals surface area contributed by atoms with Gasteiger partial charge in [-0.3, -0.25) is 4.79 Å². The average Bonchev–Trinajstić information content (AvgIpc) is 2.79. The van der Waals surface area contributed by atoms with Crippen molar-refractivity contribution in [2.75, 3.05) is 0 Å². The van der Waals surface area contributed by atoms with E-state index in [1.54, 1.807) is 0 Å². The third kappa shape index (κ3) is 2.55. The SMILES string of the molecule is O=C(NC1CCCCC1O)c1sc2ccccc2c1Cl. The Morgan fingerprint density at radius 2 is 2.05 bits per heavy atom. The number of thiophene rings is 1. The van der Waals surface area contributed by atoms with E-state index in [1.807, 2.05) is 24.3 Å². The van der Waals surface area contributed by atoms with Gasteiger partial charge in [-0.15, -0.1) is 11.3 Å². The van der Waals surface area contributed by atoms with Crippen LogP contribution in [0.25, 0.3) is 10.1 Å². The second-order valence-electron chi connectivity index (χ2n) is 5.17. The molecule has 1 aromatic carbocycles. The van der Waals surface area contributed by atoms with Crippen LogP contribution >= 0.6 is 22.9 Å².